The summed E-state index contributed by atoms with van der Waals surface area (Å²) in [4.78, 5) is 6.46. The van der Waals surface area contributed by atoms with E-state index in [1.165, 1.54) is 6.42 Å². The highest BCUT2D eigenvalue weighted by atomic mass is 16.5. The molecule has 0 saturated carbocycles. The van der Waals surface area contributed by atoms with Crippen molar-refractivity contribution in [2.24, 2.45) is 0 Å². The average molecular weight is 366 g/mol. The molecule has 0 aliphatic carbocycles. The number of aromatic nitrogens is 1. The molecule has 0 radical (unpaired) electrons. The van der Waals surface area contributed by atoms with Crippen molar-refractivity contribution < 1.29 is 13.9 Å². The lowest BCUT2D eigenvalue weighted by Gasteiger charge is -2.15. The Hall–Kier alpha value is -2.79. The SMILES string of the molecule is CCCN(C)CCCOc1ccc(Oc2ccc(-c3ncco3)cc2)cc1. The minimum atomic E-state index is 0.601. The lowest BCUT2D eigenvalue weighted by molar-refractivity contribution is 0.262. The first-order valence-electron chi connectivity index (χ1n) is 9.34. The van der Waals surface area contributed by atoms with Gasteiger partial charge >= 0.3 is 0 Å². The Labute approximate surface area is 160 Å². The molecule has 5 heteroatoms. The third kappa shape index (κ3) is 5.86. The Morgan fingerprint density at radius 2 is 1.59 bits per heavy atom. The number of rotatable bonds is 10. The summed E-state index contributed by atoms with van der Waals surface area (Å²) in [6.45, 7) is 5.10. The molecule has 0 atom stereocenters. The molecule has 0 N–H and O–H groups in total. The molecule has 3 aromatic rings. The van der Waals surface area contributed by atoms with E-state index >= 15 is 0 Å². The molecule has 0 unspecified atom stereocenters. The van der Waals surface area contributed by atoms with Crippen LogP contribution in [0.3, 0.4) is 0 Å². The molecule has 0 aliphatic heterocycles. The van der Waals surface area contributed by atoms with Gasteiger partial charge < -0.3 is 18.8 Å². The fraction of sp³-hybridized carbons (Fsp3) is 0.318. The van der Waals surface area contributed by atoms with Crippen LogP contribution in [0.4, 0.5) is 0 Å². The second-order valence-corrected chi connectivity index (χ2v) is 6.44. The molecular formula is C22H26N2O3. The van der Waals surface area contributed by atoms with Gasteiger partial charge in [-0.25, -0.2) is 4.98 Å². The van der Waals surface area contributed by atoms with Gasteiger partial charge in [-0.05, 0) is 75.0 Å². The Morgan fingerprint density at radius 1 is 0.926 bits per heavy atom. The van der Waals surface area contributed by atoms with E-state index in [1.807, 2.05) is 48.5 Å². The van der Waals surface area contributed by atoms with Crippen LogP contribution in [0.15, 0.2) is 65.4 Å². The number of hydrogen-bond acceptors (Lipinski definition) is 5. The van der Waals surface area contributed by atoms with E-state index in [0.29, 0.717) is 5.89 Å². The first kappa shape index (κ1) is 19.0. The summed E-state index contributed by atoms with van der Waals surface area (Å²) in [6, 6.07) is 15.4. The Morgan fingerprint density at radius 3 is 2.22 bits per heavy atom. The van der Waals surface area contributed by atoms with Gasteiger partial charge in [0, 0.05) is 12.1 Å². The van der Waals surface area contributed by atoms with E-state index in [2.05, 4.69) is 23.9 Å². The summed E-state index contributed by atoms with van der Waals surface area (Å²) >= 11 is 0. The molecule has 5 nitrogen and oxygen atoms in total. The first-order valence-corrected chi connectivity index (χ1v) is 9.34. The lowest BCUT2D eigenvalue weighted by Crippen LogP contribution is -2.21. The molecule has 0 bridgehead atoms. The Bertz CT molecular complexity index is 783. The highest BCUT2D eigenvalue weighted by molar-refractivity contribution is 5.54. The molecule has 1 heterocycles. The van der Waals surface area contributed by atoms with E-state index in [-0.39, 0.29) is 0 Å². The monoisotopic (exact) mass is 366 g/mol. The third-order valence-electron chi connectivity index (χ3n) is 4.15. The van der Waals surface area contributed by atoms with Gasteiger partial charge in [0.1, 0.15) is 23.5 Å². The van der Waals surface area contributed by atoms with Crippen LogP contribution in [0.1, 0.15) is 19.8 Å². The Kier molecular flexibility index (Phi) is 6.88. The van der Waals surface area contributed by atoms with E-state index in [1.54, 1.807) is 12.5 Å². The molecule has 0 spiro atoms. The summed E-state index contributed by atoms with van der Waals surface area (Å²) in [5.74, 6) is 3.00. The zero-order valence-corrected chi connectivity index (χ0v) is 15.9. The number of benzene rings is 2. The largest absolute Gasteiger partial charge is 0.494 e. The van der Waals surface area contributed by atoms with Gasteiger partial charge in [-0.3, -0.25) is 0 Å². The second kappa shape index (κ2) is 9.78. The minimum absolute atomic E-state index is 0.601. The molecule has 0 fully saturated rings. The third-order valence-corrected chi connectivity index (χ3v) is 4.15. The first-order chi connectivity index (χ1) is 13.2. The smallest absolute Gasteiger partial charge is 0.225 e. The molecule has 142 valence electrons. The summed E-state index contributed by atoms with van der Waals surface area (Å²) < 4.78 is 17.0. The normalized spacial score (nSPS) is 10.9. The van der Waals surface area contributed by atoms with E-state index in [9.17, 15) is 0 Å². The highest BCUT2D eigenvalue weighted by Crippen LogP contribution is 2.26. The van der Waals surface area contributed by atoms with Gasteiger partial charge in [-0.15, -0.1) is 0 Å². The van der Waals surface area contributed by atoms with Crippen LogP contribution in [0, 0.1) is 0 Å². The van der Waals surface area contributed by atoms with Crippen molar-refractivity contribution in [1.82, 2.24) is 9.88 Å². The van der Waals surface area contributed by atoms with Crippen LogP contribution < -0.4 is 9.47 Å². The average Bonchev–Trinajstić information content (AvgIpc) is 3.22. The van der Waals surface area contributed by atoms with E-state index in [4.69, 9.17) is 13.9 Å². The summed E-state index contributed by atoms with van der Waals surface area (Å²) in [7, 11) is 2.15. The molecule has 2 aromatic carbocycles. The number of ether oxygens (including phenoxy) is 2. The van der Waals surface area contributed by atoms with Gasteiger partial charge in [0.25, 0.3) is 0 Å². The molecule has 27 heavy (non-hydrogen) atoms. The van der Waals surface area contributed by atoms with Gasteiger partial charge in [-0.1, -0.05) is 6.92 Å². The predicted octanol–water partition coefficient (Wildman–Crippen LogP) is 5.24. The van der Waals surface area contributed by atoms with Crippen LogP contribution in [-0.4, -0.2) is 36.6 Å². The molecule has 0 amide bonds. The highest BCUT2D eigenvalue weighted by Gasteiger charge is 2.04. The molecule has 1 aromatic heterocycles. The summed E-state index contributed by atoms with van der Waals surface area (Å²) in [5.41, 5.74) is 0.917. The second-order valence-electron chi connectivity index (χ2n) is 6.44. The summed E-state index contributed by atoms with van der Waals surface area (Å²) in [5, 5.41) is 0. The minimum Gasteiger partial charge on any atom is -0.494 e. The van der Waals surface area contributed by atoms with Crippen LogP contribution in [-0.2, 0) is 0 Å². The maximum Gasteiger partial charge on any atom is 0.225 e. The number of hydrogen-bond donors (Lipinski definition) is 0. The number of nitrogens with zero attached hydrogens (tertiary/aromatic N) is 2. The van der Waals surface area contributed by atoms with Crippen LogP contribution in [0.5, 0.6) is 17.2 Å². The predicted molar refractivity (Wildman–Crippen MR) is 106 cm³/mol. The van der Waals surface area contributed by atoms with Gasteiger partial charge in [0.05, 0.1) is 12.8 Å². The topological polar surface area (TPSA) is 47.7 Å². The fourth-order valence-electron chi connectivity index (χ4n) is 2.79. The zero-order valence-electron chi connectivity index (χ0n) is 15.9. The van der Waals surface area contributed by atoms with Crippen molar-refractivity contribution >= 4 is 0 Å². The molecule has 0 saturated heterocycles. The van der Waals surface area contributed by atoms with Crippen molar-refractivity contribution in [1.29, 1.82) is 0 Å². The fourth-order valence-corrected chi connectivity index (χ4v) is 2.79. The quantitative estimate of drug-likeness (QED) is 0.459. The number of oxazole rings is 1. The van der Waals surface area contributed by atoms with Gasteiger partial charge in [-0.2, -0.15) is 0 Å². The maximum atomic E-state index is 5.88. The van der Waals surface area contributed by atoms with Crippen molar-refractivity contribution in [2.75, 3.05) is 26.7 Å². The van der Waals surface area contributed by atoms with Crippen LogP contribution in [0.2, 0.25) is 0 Å². The van der Waals surface area contributed by atoms with Crippen LogP contribution in [0.25, 0.3) is 11.5 Å². The summed E-state index contributed by atoms with van der Waals surface area (Å²) in [6.07, 6.45) is 5.40. The zero-order chi connectivity index (χ0) is 18.9. The molecular weight excluding hydrogens is 340 g/mol. The maximum absolute atomic E-state index is 5.88. The Balaban J connectivity index is 1.46. The lowest BCUT2D eigenvalue weighted by atomic mass is 10.2. The molecule has 0 aliphatic rings. The standard InChI is InChI=1S/C22H26N2O3/c1-3-14-24(2)15-4-16-25-19-9-11-21(12-10-19)27-20-7-5-18(6-8-20)22-23-13-17-26-22/h5-13,17H,3-4,14-16H2,1-2H3. The van der Waals surface area contributed by atoms with Crippen molar-refractivity contribution in [3.63, 3.8) is 0 Å². The van der Waals surface area contributed by atoms with Gasteiger partial charge in [0.15, 0.2) is 0 Å². The van der Waals surface area contributed by atoms with Crippen LogP contribution >= 0.6 is 0 Å². The van der Waals surface area contributed by atoms with Crippen molar-refractivity contribution in [3.05, 3.63) is 61.0 Å². The van der Waals surface area contributed by atoms with E-state index < -0.39 is 0 Å². The van der Waals surface area contributed by atoms with Crippen molar-refractivity contribution in [2.45, 2.75) is 19.8 Å². The molecule has 3 rings (SSSR count). The van der Waals surface area contributed by atoms with Gasteiger partial charge in [0.2, 0.25) is 5.89 Å². The van der Waals surface area contributed by atoms with Crippen molar-refractivity contribution in [3.8, 4) is 28.7 Å². The van der Waals surface area contributed by atoms with E-state index in [0.717, 1.165) is 48.9 Å².